The predicted octanol–water partition coefficient (Wildman–Crippen LogP) is 2.46. The van der Waals surface area contributed by atoms with E-state index in [-0.39, 0.29) is 0 Å². The Morgan fingerprint density at radius 1 is 1.64 bits per heavy atom. The second kappa shape index (κ2) is 3.42. The molecule has 0 amide bonds. The van der Waals surface area contributed by atoms with Crippen LogP contribution in [0.15, 0.2) is 28.9 Å². The molecule has 3 heteroatoms. The number of furan rings is 1. The number of nitrogens with two attached hydrogens (primary N) is 1. The van der Waals surface area contributed by atoms with Crippen LogP contribution >= 0.6 is 0 Å². The molecule has 0 aliphatic heterocycles. The standard InChI is InChI=1S/C11H12FNO/c1-7(13)4-8-2-3-9-10(12)6-14-11(9)5-8/h2-3,5-7H,4,13H2,1H3/i4D2. The molecule has 1 unspecified atom stereocenters. The Balaban J connectivity index is 2.55. The first-order chi connectivity index (χ1) is 7.43. The van der Waals surface area contributed by atoms with Crippen molar-refractivity contribution in [2.45, 2.75) is 19.3 Å². The fourth-order valence-corrected chi connectivity index (χ4v) is 1.35. The fraction of sp³-hybridized carbons (Fsp3) is 0.273. The van der Waals surface area contributed by atoms with Crippen molar-refractivity contribution >= 4 is 11.0 Å². The SMILES string of the molecule is [2H]C([2H])(c1ccc2c(F)coc2c1)C(C)N. The summed E-state index contributed by atoms with van der Waals surface area (Å²) in [6, 6.07) is 3.88. The summed E-state index contributed by atoms with van der Waals surface area (Å²) in [5.74, 6) is -0.442. The molecule has 74 valence electrons. The molecule has 1 aromatic carbocycles. The maximum absolute atomic E-state index is 13.1. The van der Waals surface area contributed by atoms with Gasteiger partial charge in [-0.15, -0.1) is 0 Å². The highest BCUT2D eigenvalue weighted by atomic mass is 19.1. The zero-order chi connectivity index (χ0) is 11.9. The molecule has 0 radical (unpaired) electrons. The van der Waals surface area contributed by atoms with Gasteiger partial charge in [-0.3, -0.25) is 0 Å². The molecular formula is C11H12FNO. The van der Waals surface area contributed by atoms with Crippen molar-refractivity contribution < 1.29 is 11.5 Å². The van der Waals surface area contributed by atoms with Gasteiger partial charge in [-0.2, -0.15) is 0 Å². The van der Waals surface area contributed by atoms with Gasteiger partial charge in [0.15, 0.2) is 5.82 Å². The third-order valence-electron chi connectivity index (χ3n) is 1.92. The number of benzene rings is 1. The van der Waals surface area contributed by atoms with Crippen LogP contribution < -0.4 is 5.73 Å². The molecule has 2 nitrogen and oxygen atoms in total. The minimum absolute atomic E-state index is 0.333. The van der Waals surface area contributed by atoms with Gasteiger partial charge in [0, 0.05) is 8.78 Å². The van der Waals surface area contributed by atoms with E-state index in [9.17, 15) is 4.39 Å². The molecule has 2 rings (SSSR count). The van der Waals surface area contributed by atoms with Crippen LogP contribution in [0.2, 0.25) is 0 Å². The molecule has 0 saturated carbocycles. The number of hydrogen-bond acceptors (Lipinski definition) is 2. The van der Waals surface area contributed by atoms with Crippen LogP contribution in [0.3, 0.4) is 0 Å². The zero-order valence-electron chi connectivity index (χ0n) is 9.75. The minimum Gasteiger partial charge on any atom is -0.461 e. The number of fused-ring (bicyclic) bond motifs is 1. The van der Waals surface area contributed by atoms with Gasteiger partial charge in [-0.05, 0) is 31.0 Å². The Hall–Kier alpha value is -1.35. The van der Waals surface area contributed by atoms with E-state index in [1.54, 1.807) is 6.92 Å². The lowest BCUT2D eigenvalue weighted by Crippen LogP contribution is -2.17. The van der Waals surface area contributed by atoms with Crippen LogP contribution in [0.4, 0.5) is 4.39 Å². The van der Waals surface area contributed by atoms with Gasteiger partial charge in [0.2, 0.25) is 0 Å². The van der Waals surface area contributed by atoms with E-state index in [1.165, 1.54) is 18.2 Å². The average Bonchev–Trinajstić information content (AvgIpc) is 2.60. The number of rotatable bonds is 2. The molecule has 1 atom stereocenters. The Kier molecular flexibility index (Phi) is 1.71. The lowest BCUT2D eigenvalue weighted by atomic mass is 10.1. The van der Waals surface area contributed by atoms with Gasteiger partial charge in [0.25, 0.3) is 0 Å². The molecule has 0 aliphatic carbocycles. The lowest BCUT2D eigenvalue weighted by Gasteiger charge is -2.04. The van der Waals surface area contributed by atoms with E-state index in [0.717, 1.165) is 6.26 Å². The Labute approximate surface area is 84.3 Å². The number of hydrogen-bond donors (Lipinski definition) is 1. The highest BCUT2D eigenvalue weighted by molar-refractivity contribution is 5.78. The molecule has 1 heterocycles. The smallest absolute Gasteiger partial charge is 0.169 e. The number of halogens is 1. The maximum Gasteiger partial charge on any atom is 0.169 e. The summed E-state index contributed by atoms with van der Waals surface area (Å²) in [5.41, 5.74) is 6.30. The second-order valence-electron chi connectivity index (χ2n) is 3.23. The summed E-state index contributed by atoms with van der Waals surface area (Å²) >= 11 is 0. The Morgan fingerprint density at radius 2 is 2.43 bits per heavy atom. The van der Waals surface area contributed by atoms with Gasteiger partial charge in [0.1, 0.15) is 11.8 Å². The van der Waals surface area contributed by atoms with Crippen molar-refractivity contribution in [2.24, 2.45) is 5.73 Å². The minimum atomic E-state index is -1.66. The predicted molar refractivity (Wildman–Crippen MR) is 53.5 cm³/mol. The summed E-state index contributed by atoms with van der Waals surface area (Å²) in [4.78, 5) is 0. The van der Waals surface area contributed by atoms with Crippen LogP contribution in [-0.2, 0) is 6.37 Å². The first-order valence-corrected chi connectivity index (χ1v) is 4.35. The monoisotopic (exact) mass is 195 g/mol. The molecule has 0 spiro atoms. The quantitative estimate of drug-likeness (QED) is 0.799. The van der Waals surface area contributed by atoms with Crippen LogP contribution in [-0.4, -0.2) is 6.04 Å². The molecule has 0 saturated heterocycles. The Bertz CT molecular complexity index is 522. The van der Waals surface area contributed by atoms with Crippen molar-refractivity contribution in [1.82, 2.24) is 0 Å². The highest BCUT2D eigenvalue weighted by Gasteiger charge is 2.06. The molecule has 1 aromatic heterocycles. The topological polar surface area (TPSA) is 39.2 Å². The van der Waals surface area contributed by atoms with E-state index < -0.39 is 18.2 Å². The molecule has 14 heavy (non-hydrogen) atoms. The lowest BCUT2D eigenvalue weighted by molar-refractivity contribution is 0.558. The van der Waals surface area contributed by atoms with Crippen molar-refractivity contribution in [2.75, 3.05) is 0 Å². The first-order valence-electron chi connectivity index (χ1n) is 5.35. The second-order valence-corrected chi connectivity index (χ2v) is 3.23. The first kappa shape index (κ1) is 7.01. The third kappa shape index (κ3) is 1.63. The summed E-state index contributed by atoms with van der Waals surface area (Å²) in [7, 11) is 0. The summed E-state index contributed by atoms with van der Waals surface area (Å²) in [6.07, 6.45) is -0.645. The van der Waals surface area contributed by atoms with Gasteiger partial charge >= 0.3 is 0 Å². The van der Waals surface area contributed by atoms with Crippen LogP contribution in [0, 0.1) is 5.82 Å². The largest absolute Gasteiger partial charge is 0.461 e. The summed E-state index contributed by atoms with van der Waals surface area (Å²) in [5, 5.41) is 0.351. The van der Waals surface area contributed by atoms with Crippen molar-refractivity contribution in [3.05, 3.63) is 35.8 Å². The van der Waals surface area contributed by atoms with Crippen molar-refractivity contribution in [3.8, 4) is 0 Å². The molecular weight excluding hydrogens is 181 g/mol. The third-order valence-corrected chi connectivity index (χ3v) is 1.92. The van der Waals surface area contributed by atoms with Crippen LogP contribution in [0.25, 0.3) is 11.0 Å². The molecule has 2 N–H and O–H groups in total. The maximum atomic E-state index is 13.1. The van der Waals surface area contributed by atoms with Crippen LogP contribution in [0.1, 0.15) is 15.2 Å². The van der Waals surface area contributed by atoms with Crippen molar-refractivity contribution in [3.63, 3.8) is 0 Å². The summed E-state index contributed by atoms with van der Waals surface area (Å²) in [6.45, 7) is 1.59. The van der Waals surface area contributed by atoms with E-state index in [1.807, 2.05) is 0 Å². The van der Waals surface area contributed by atoms with Gasteiger partial charge < -0.3 is 10.2 Å². The Morgan fingerprint density at radius 3 is 3.14 bits per heavy atom. The van der Waals surface area contributed by atoms with Crippen molar-refractivity contribution in [1.29, 1.82) is 0 Å². The molecule has 0 fully saturated rings. The summed E-state index contributed by atoms with van der Waals surface area (Å²) < 4.78 is 33.7. The van der Waals surface area contributed by atoms with E-state index in [0.29, 0.717) is 16.5 Å². The normalized spacial score (nSPS) is 16.5. The van der Waals surface area contributed by atoms with Gasteiger partial charge in [0.05, 0.1) is 5.39 Å². The van der Waals surface area contributed by atoms with Gasteiger partial charge in [-0.25, -0.2) is 4.39 Å². The fourth-order valence-electron chi connectivity index (χ4n) is 1.35. The highest BCUT2D eigenvalue weighted by Crippen LogP contribution is 2.21. The van der Waals surface area contributed by atoms with E-state index in [2.05, 4.69) is 0 Å². The van der Waals surface area contributed by atoms with E-state index in [4.69, 9.17) is 12.9 Å². The molecule has 0 bridgehead atoms. The van der Waals surface area contributed by atoms with E-state index >= 15 is 0 Å². The van der Waals surface area contributed by atoms with Crippen LogP contribution in [0.5, 0.6) is 0 Å². The molecule has 2 aromatic rings. The van der Waals surface area contributed by atoms with Gasteiger partial charge in [-0.1, -0.05) is 6.07 Å². The zero-order valence-corrected chi connectivity index (χ0v) is 7.75. The molecule has 0 aliphatic rings. The average molecular weight is 195 g/mol.